The number of rotatable bonds is 4. The number of hydrogen-bond acceptors (Lipinski definition) is 2. The Morgan fingerprint density at radius 2 is 1.78 bits per heavy atom. The molecular weight excluding hydrogens is 354 g/mol. The van der Waals surface area contributed by atoms with Crippen LogP contribution in [0.25, 0.3) is 11.0 Å². The van der Waals surface area contributed by atoms with E-state index in [4.69, 9.17) is 5.73 Å². The molecule has 0 bridgehead atoms. The van der Waals surface area contributed by atoms with Gasteiger partial charge in [0.25, 0.3) is 0 Å². The monoisotopic (exact) mass is 373 g/mol. The van der Waals surface area contributed by atoms with E-state index in [0.29, 0.717) is 11.5 Å². The number of hydrogen-bond donors (Lipinski definition) is 1. The Kier molecular flexibility index (Phi) is 5.21. The first-order valence-electron chi connectivity index (χ1n) is 7.48. The molecular formula is C18H20BrN3O. The van der Waals surface area contributed by atoms with E-state index in [-0.39, 0.29) is 29.3 Å². The fourth-order valence-corrected chi connectivity index (χ4v) is 2.79. The predicted molar refractivity (Wildman–Crippen MR) is 87.7 cm³/mol. The number of Topliss-reactive ketones (excluding diaryl/α,β-unsaturated/α-hetero) is 1. The minimum absolute atomic E-state index is 0. The Balaban J connectivity index is 0.00000192. The predicted octanol–water partition coefficient (Wildman–Crippen LogP) is -0.274. The molecule has 23 heavy (non-hydrogen) atoms. The van der Waals surface area contributed by atoms with E-state index in [1.807, 2.05) is 64.6 Å². The van der Waals surface area contributed by atoms with Crippen molar-refractivity contribution in [1.29, 1.82) is 0 Å². The van der Waals surface area contributed by atoms with Gasteiger partial charge in [-0.2, -0.15) is 0 Å². The molecule has 0 atom stereocenters. The molecule has 2 aromatic carbocycles. The Labute approximate surface area is 146 Å². The van der Waals surface area contributed by atoms with E-state index in [1.54, 1.807) is 0 Å². The van der Waals surface area contributed by atoms with E-state index in [1.165, 1.54) is 0 Å². The van der Waals surface area contributed by atoms with Crippen LogP contribution in [0.4, 0.5) is 5.95 Å². The van der Waals surface area contributed by atoms with Crippen molar-refractivity contribution in [2.45, 2.75) is 26.9 Å². The number of aryl methyl sites for hydroxylation is 2. The summed E-state index contributed by atoms with van der Waals surface area (Å²) < 4.78 is 3.92. The Bertz CT molecular complexity index is 837. The van der Waals surface area contributed by atoms with Crippen LogP contribution in [0.3, 0.4) is 0 Å². The van der Waals surface area contributed by atoms with Crippen molar-refractivity contribution < 1.29 is 26.3 Å². The van der Waals surface area contributed by atoms with Crippen LogP contribution in [0.15, 0.2) is 48.5 Å². The zero-order valence-corrected chi connectivity index (χ0v) is 14.9. The van der Waals surface area contributed by atoms with Crippen LogP contribution in [-0.2, 0) is 13.1 Å². The standard InChI is InChI=1S/C18H19N3O.BrH/c1-3-20-15-6-4-5-7-16(15)21(18(20)19)12-17(22)14-10-8-13(2)9-11-14;/h4-11,19H,3,12H2,1-2H3;1H. The van der Waals surface area contributed by atoms with Gasteiger partial charge in [-0.3, -0.25) is 10.5 Å². The summed E-state index contributed by atoms with van der Waals surface area (Å²) in [4.78, 5) is 12.5. The molecule has 5 heteroatoms. The number of benzene rings is 2. The van der Waals surface area contributed by atoms with Gasteiger partial charge in [-0.05, 0) is 26.0 Å². The van der Waals surface area contributed by atoms with Gasteiger partial charge in [0.15, 0.2) is 5.78 Å². The highest BCUT2D eigenvalue weighted by Gasteiger charge is 2.21. The van der Waals surface area contributed by atoms with Gasteiger partial charge in [0.2, 0.25) is 0 Å². The van der Waals surface area contributed by atoms with Crippen LogP contribution in [0.1, 0.15) is 22.8 Å². The number of aromatic nitrogens is 2. The molecule has 0 saturated heterocycles. The van der Waals surface area contributed by atoms with E-state index in [2.05, 4.69) is 6.92 Å². The third-order valence-corrected chi connectivity index (χ3v) is 4.01. The third-order valence-electron chi connectivity index (χ3n) is 4.01. The number of halogens is 1. The van der Waals surface area contributed by atoms with Crippen LogP contribution in [0, 0.1) is 6.92 Å². The van der Waals surface area contributed by atoms with Gasteiger partial charge in [-0.1, -0.05) is 42.0 Å². The molecule has 0 aliphatic carbocycles. The first kappa shape index (κ1) is 17.2. The second kappa shape index (κ2) is 6.96. The number of nitrogens with zero attached hydrogens (tertiary/aromatic N) is 2. The van der Waals surface area contributed by atoms with Gasteiger partial charge in [0.05, 0.1) is 6.54 Å². The van der Waals surface area contributed by atoms with Crippen molar-refractivity contribution in [2.24, 2.45) is 0 Å². The molecule has 2 N–H and O–H groups in total. The molecule has 3 aromatic rings. The summed E-state index contributed by atoms with van der Waals surface area (Å²) in [5.41, 5.74) is 10.2. The number of ketones is 1. The maximum Gasteiger partial charge on any atom is 0.356 e. The number of fused-ring (bicyclic) bond motifs is 1. The molecule has 1 heterocycles. The van der Waals surface area contributed by atoms with Crippen molar-refractivity contribution in [2.75, 3.05) is 5.73 Å². The number of imidazole rings is 1. The summed E-state index contributed by atoms with van der Waals surface area (Å²) in [6.45, 7) is 5.09. The summed E-state index contributed by atoms with van der Waals surface area (Å²) in [7, 11) is 0. The largest absolute Gasteiger partial charge is 1.00 e. The van der Waals surface area contributed by atoms with Crippen LogP contribution in [0.2, 0.25) is 0 Å². The summed E-state index contributed by atoms with van der Waals surface area (Å²) in [5.74, 6) is 0.680. The first-order valence-corrected chi connectivity index (χ1v) is 7.48. The SMILES string of the molecule is CCn1c(N)[n+](CC(=O)c2ccc(C)cc2)c2ccccc21.[Br-]. The highest BCUT2D eigenvalue weighted by Crippen LogP contribution is 2.16. The lowest BCUT2D eigenvalue weighted by molar-refractivity contribution is -0.642. The fourth-order valence-electron chi connectivity index (χ4n) is 2.79. The maximum absolute atomic E-state index is 12.5. The summed E-state index contributed by atoms with van der Waals surface area (Å²) in [5, 5.41) is 0. The number of nitrogen functional groups attached to an aromatic ring is 1. The molecule has 4 nitrogen and oxygen atoms in total. The number of carbonyl (C=O) groups excluding carboxylic acids is 1. The number of para-hydroxylation sites is 2. The van der Waals surface area contributed by atoms with Gasteiger partial charge < -0.3 is 17.0 Å². The van der Waals surface area contributed by atoms with Gasteiger partial charge in [-0.25, -0.2) is 9.13 Å². The van der Waals surface area contributed by atoms with Crippen molar-refractivity contribution in [3.05, 3.63) is 59.7 Å². The van der Waals surface area contributed by atoms with Crippen molar-refractivity contribution in [1.82, 2.24) is 4.57 Å². The van der Waals surface area contributed by atoms with Crippen molar-refractivity contribution in [3.63, 3.8) is 0 Å². The van der Waals surface area contributed by atoms with Gasteiger partial charge in [0, 0.05) is 5.56 Å². The molecule has 0 aliphatic rings. The molecule has 0 amide bonds. The van der Waals surface area contributed by atoms with E-state index in [9.17, 15) is 4.79 Å². The molecule has 3 rings (SSSR count). The number of anilines is 1. The zero-order valence-electron chi connectivity index (χ0n) is 13.3. The Morgan fingerprint density at radius 1 is 1.13 bits per heavy atom. The Morgan fingerprint density at radius 3 is 2.43 bits per heavy atom. The lowest BCUT2D eigenvalue weighted by atomic mass is 10.1. The second-order valence-electron chi connectivity index (χ2n) is 5.47. The molecule has 0 fully saturated rings. The summed E-state index contributed by atoms with van der Waals surface area (Å²) in [6.07, 6.45) is 0. The molecule has 1 aromatic heterocycles. The zero-order chi connectivity index (χ0) is 15.7. The molecule has 0 saturated carbocycles. The quantitative estimate of drug-likeness (QED) is 0.505. The van der Waals surface area contributed by atoms with E-state index >= 15 is 0 Å². The molecule has 0 spiro atoms. The van der Waals surface area contributed by atoms with E-state index in [0.717, 1.165) is 23.1 Å². The third kappa shape index (κ3) is 3.15. The summed E-state index contributed by atoms with van der Waals surface area (Å²) >= 11 is 0. The lowest BCUT2D eigenvalue weighted by Gasteiger charge is -2.02. The van der Waals surface area contributed by atoms with Gasteiger partial charge in [-0.15, -0.1) is 0 Å². The molecule has 0 aliphatic heterocycles. The minimum Gasteiger partial charge on any atom is -1.00 e. The second-order valence-corrected chi connectivity index (χ2v) is 5.47. The van der Waals surface area contributed by atoms with Crippen LogP contribution in [-0.4, -0.2) is 10.4 Å². The van der Waals surface area contributed by atoms with Crippen LogP contribution in [0.5, 0.6) is 0 Å². The molecule has 0 unspecified atom stereocenters. The topological polar surface area (TPSA) is 51.9 Å². The minimum atomic E-state index is 0. The lowest BCUT2D eigenvalue weighted by Crippen LogP contribution is -3.00. The van der Waals surface area contributed by atoms with E-state index < -0.39 is 0 Å². The van der Waals surface area contributed by atoms with Gasteiger partial charge >= 0.3 is 5.95 Å². The fraction of sp³-hybridized carbons (Fsp3) is 0.222. The highest BCUT2D eigenvalue weighted by atomic mass is 79.9. The van der Waals surface area contributed by atoms with Gasteiger partial charge in [0.1, 0.15) is 17.6 Å². The van der Waals surface area contributed by atoms with Crippen molar-refractivity contribution >= 4 is 22.8 Å². The Hall–Kier alpha value is -2.14. The van der Waals surface area contributed by atoms with Crippen LogP contribution < -0.4 is 27.3 Å². The highest BCUT2D eigenvalue weighted by molar-refractivity contribution is 5.95. The number of carbonyl (C=O) groups is 1. The smallest absolute Gasteiger partial charge is 0.356 e. The first-order chi connectivity index (χ1) is 10.6. The average molecular weight is 374 g/mol. The molecule has 0 radical (unpaired) electrons. The molecule has 120 valence electrons. The van der Waals surface area contributed by atoms with Crippen molar-refractivity contribution in [3.8, 4) is 0 Å². The average Bonchev–Trinajstić information content (AvgIpc) is 2.80. The maximum atomic E-state index is 12.5. The normalized spacial score (nSPS) is 10.5. The van der Waals surface area contributed by atoms with Crippen LogP contribution >= 0.6 is 0 Å². The number of nitrogens with two attached hydrogens (primary N) is 1. The summed E-state index contributed by atoms with van der Waals surface area (Å²) in [6, 6.07) is 15.6.